The van der Waals surface area contributed by atoms with E-state index in [1.54, 1.807) is 23.7 Å². The monoisotopic (exact) mass is 409 g/mol. The van der Waals surface area contributed by atoms with E-state index in [0.29, 0.717) is 27.7 Å². The molecule has 0 radical (unpaired) electrons. The summed E-state index contributed by atoms with van der Waals surface area (Å²) in [5, 5.41) is 4.57. The molecule has 2 aromatic heterocycles. The highest BCUT2D eigenvalue weighted by Crippen LogP contribution is 2.27. The van der Waals surface area contributed by atoms with Crippen LogP contribution in [0.4, 0.5) is 10.1 Å². The highest BCUT2D eigenvalue weighted by molar-refractivity contribution is 7.15. The first-order valence-corrected chi connectivity index (χ1v) is 9.64. The molecule has 6 nitrogen and oxygen atoms in total. The van der Waals surface area contributed by atoms with Gasteiger partial charge in [0.05, 0.1) is 11.4 Å². The summed E-state index contributed by atoms with van der Waals surface area (Å²) in [5.74, 6) is -0.337. The molecule has 2 heterocycles. The number of carbonyl (C=O) groups excluding carboxylic acids is 1. The summed E-state index contributed by atoms with van der Waals surface area (Å²) in [6.07, 6.45) is 1.67. The van der Waals surface area contributed by atoms with E-state index in [1.807, 2.05) is 13.0 Å². The molecule has 0 fully saturated rings. The smallest absolute Gasteiger partial charge is 0.258 e. The van der Waals surface area contributed by atoms with Crippen LogP contribution < -0.4 is 15.6 Å². The van der Waals surface area contributed by atoms with Crippen LogP contribution in [0.5, 0.6) is 5.75 Å². The third-order valence-corrected chi connectivity index (χ3v) is 4.98. The van der Waals surface area contributed by atoms with Gasteiger partial charge in [-0.05, 0) is 48.9 Å². The zero-order valence-electron chi connectivity index (χ0n) is 15.4. The number of benzene rings is 2. The van der Waals surface area contributed by atoms with Gasteiger partial charge in [-0.15, -0.1) is 11.3 Å². The Morgan fingerprint density at radius 1 is 1.21 bits per heavy atom. The van der Waals surface area contributed by atoms with Crippen LogP contribution >= 0.6 is 11.3 Å². The maximum Gasteiger partial charge on any atom is 0.258 e. The van der Waals surface area contributed by atoms with E-state index in [4.69, 9.17) is 4.74 Å². The number of nitrogens with zero attached hydrogens (tertiary/aromatic N) is 2. The lowest BCUT2D eigenvalue weighted by atomic mass is 10.1. The molecule has 0 aliphatic carbocycles. The number of nitrogens with one attached hydrogen (secondary N) is 1. The van der Waals surface area contributed by atoms with Crippen molar-refractivity contribution in [1.29, 1.82) is 0 Å². The Hall–Kier alpha value is -3.52. The third kappa shape index (κ3) is 4.17. The Morgan fingerprint density at radius 3 is 2.79 bits per heavy atom. The molecule has 0 bridgehead atoms. The van der Waals surface area contributed by atoms with Gasteiger partial charge in [-0.2, -0.15) is 0 Å². The number of amides is 1. The first-order valence-electron chi connectivity index (χ1n) is 8.76. The molecule has 1 amide bonds. The van der Waals surface area contributed by atoms with Crippen LogP contribution in [0, 0.1) is 12.7 Å². The van der Waals surface area contributed by atoms with E-state index in [0.717, 1.165) is 5.56 Å². The second-order valence-electron chi connectivity index (χ2n) is 6.39. The number of thiazole rings is 1. The van der Waals surface area contributed by atoms with Crippen molar-refractivity contribution in [2.45, 2.75) is 13.5 Å². The van der Waals surface area contributed by atoms with Crippen molar-refractivity contribution in [2.24, 2.45) is 0 Å². The Balaban J connectivity index is 1.55. The Kier molecular flexibility index (Phi) is 5.09. The van der Waals surface area contributed by atoms with Crippen molar-refractivity contribution < 1.29 is 13.9 Å². The minimum atomic E-state index is -0.410. The molecule has 4 aromatic rings. The number of rotatable bonds is 5. The molecule has 29 heavy (non-hydrogen) atoms. The van der Waals surface area contributed by atoms with E-state index in [-0.39, 0.29) is 18.1 Å². The van der Waals surface area contributed by atoms with Gasteiger partial charge >= 0.3 is 0 Å². The zero-order chi connectivity index (χ0) is 20.4. The predicted octanol–water partition coefficient (Wildman–Crippen LogP) is 4.03. The zero-order valence-corrected chi connectivity index (χ0v) is 16.2. The Bertz CT molecular complexity index is 1250. The summed E-state index contributed by atoms with van der Waals surface area (Å²) in [7, 11) is 0. The van der Waals surface area contributed by atoms with Gasteiger partial charge < -0.3 is 10.1 Å². The van der Waals surface area contributed by atoms with Gasteiger partial charge in [-0.3, -0.25) is 14.0 Å². The van der Waals surface area contributed by atoms with Crippen LogP contribution in [-0.2, 0) is 6.61 Å². The second kappa shape index (κ2) is 7.84. The molecule has 0 unspecified atom stereocenters. The summed E-state index contributed by atoms with van der Waals surface area (Å²) in [6.45, 7) is 1.98. The van der Waals surface area contributed by atoms with Crippen LogP contribution in [0.2, 0.25) is 0 Å². The van der Waals surface area contributed by atoms with Gasteiger partial charge in [0, 0.05) is 23.2 Å². The first-order chi connectivity index (χ1) is 14.0. The second-order valence-corrected chi connectivity index (χ2v) is 7.26. The van der Waals surface area contributed by atoms with E-state index in [1.165, 1.54) is 46.1 Å². The average molecular weight is 409 g/mol. The van der Waals surface area contributed by atoms with Crippen molar-refractivity contribution in [3.05, 3.63) is 93.1 Å². The topological polar surface area (TPSA) is 72.7 Å². The molecule has 0 saturated carbocycles. The maximum absolute atomic E-state index is 13.1. The fourth-order valence-electron chi connectivity index (χ4n) is 2.76. The number of hydrogen-bond acceptors (Lipinski definition) is 5. The van der Waals surface area contributed by atoms with Gasteiger partial charge in [0.25, 0.3) is 11.5 Å². The standard InChI is InChI=1S/C21H16FN3O3S/c1-13-2-7-17(24-20(27)14-3-5-15(22)6-4-14)18(10-13)28-12-16-11-19(26)25-8-9-29-21(25)23-16/h2-11H,12H2,1H3,(H,24,27). The van der Waals surface area contributed by atoms with Crippen molar-refractivity contribution in [3.8, 4) is 5.75 Å². The van der Waals surface area contributed by atoms with Crippen LogP contribution in [-0.4, -0.2) is 15.3 Å². The van der Waals surface area contributed by atoms with Crippen LogP contribution in [0.15, 0.2) is 64.9 Å². The predicted molar refractivity (Wildman–Crippen MR) is 109 cm³/mol. The number of ether oxygens (including phenoxy) is 1. The number of aryl methyl sites for hydroxylation is 1. The molecule has 4 rings (SSSR count). The fourth-order valence-corrected chi connectivity index (χ4v) is 3.50. The van der Waals surface area contributed by atoms with E-state index in [9.17, 15) is 14.0 Å². The highest BCUT2D eigenvalue weighted by atomic mass is 32.1. The quantitative estimate of drug-likeness (QED) is 0.540. The van der Waals surface area contributed by atoms with Crippen molar-refractivity contribution in [3.63, 3.8) is 0 Å². The van der Waals surface area contributed by atoms with Crippen molar-refractivity contribution in [1.82, 2.24) is 9.38 Å². The molecular weight excluding hydrogens is 393 g/mol. The van der Waals surface area contributed by atoms with E-state index in [2.05, 4.69) is 10.3 Å². The lowest BCUT2D eigenvalue weighted by Gasteiger charge is -2.13. The highest BCUT2D eigenvalue weighted by Gasteiger charge is 2.12. The lowest BCUT2D eigenvalue weighted by molar-refractivity contribution is 0.102. The summed E-state index contributed by atoms with van der Waals surface area (Å²) < 4.78 is 20.4. The molecule has 0 saturated heterocycles. The van der Waals surface area contributed by atoms with Crippen molar-refractivity contribution >= 4 is 27.9 Å². The molecule has 0 spiro atoms. The normalized spacial score (nSPS) is 10.8. The summed E-state index contributed by atoms with van der Waals surface area (Å²) in [4.78, 5) is 29.6. The molecule has 146 valence electrons. The van der Waals surface area contributed by atoms with Gasteiger partial charge in [0.1, 0.15) is 18.2 Å². The molecule has 0 aliphatic heterocycles. The van der Waals surface area contributed by atoms with Crippen LogP contribution in [0.1, 0.15) is 21.6 Å². The van der Waals surface area contributed by atoms with Crippen LogP contribution in [0.25, 0.3) is 4.96 Å². The summed E-state index contributed by atoms with van der Waals surface area (Å²) >= 11 is 1.36. The van der Waals surface area contributed by atoms with Crippen molar-refractivity contribution in [2.75, 3.05) is 5.32 Å². The fraction of sp³-hybridized carbons (Fsp3) is 0.0952. The Labute approximate surface area is 169 Å². The molecular formula is C21H16FN3O3S. The number of aromatic nitrogens is 2. The summed E-state index contributed by atoms with van der Waals surface area (Å²) in [6, 6.07) is 12.1. The molecule has 1 N–H and O–H groups in total. The average Bonchev–Trinajstić information content (AvgIpc) is 3.18. The minimum absolute atomic E-state index is 0.0759. The van der Waals surface area contributed by atoms with E-state index < -0.39 is 5.82 Å². The van der Waals surface area contributed by atoms with E-state index >= 15 is 0 Å². The van der Waals surface area contributed by atoms with Gasteiger partial charge in [-0.25, -0.2) is 9.37 Å². The number of carbonyl (C=O) groups is 1. The maximum atomic E-state index is 13.1. The SMILES string of the molecule is Cc1ccc(NC(=O)c2ccc(F)cc2)c(OCc2cc(=O)n3ccsc3n2)c1. The summed E-state index contributed by atoms with van der Waals surface area (Å²) in [5.41, 5.74) is 2.06. The minimum Gasteiger partial charge on any atom is -0.485 e. The van der Waals surface area contributed by atoms with Gasteiger partial charge in [0.15, 0.2) is 4.96 Å². The largest absolute Gasteiger partial charge is 0.485 e. The number of anilines is 1. The third-order valence-electron chi connectivity index (χ3n) is 4.22. The Morgan fingerprint density at radius 2 is 2.00 bits per heavy atom. The van der Waals surface area contributed by atoms with Gasteiger partial charge in [0.2, 0.25) is 0 Å². The molecule has 0 aliphatic rings. The first kappa shape index (κ1) is 18.8. The van der Waals surface area contributed by atoms with Gasteiger partial charge in [-0.1, -0.05) is 6.07 Å². The number of halogens is 1. The molecule has 2 aromatic carbocycles. The molecule has 8 heteroatoms. The lowest BCUT2D eigenvalue weighted by Crippen LogP contribution is -2.15. The number of hydrogen-bond donors (Lipinski definition) is 1. The number of fused-ring (bicyclic) bond motifs is 1. The molecule has 0 atom stereocenters. The van der Waals surface area contributed by atoms with Crippen LogP contribution in [0.3, 0.4) is 0 Å².